The van der Waals surface area contributed by atoms with E-state index in [1.54, 1.807) is 12.4 Å². The number of aryl methyl sites for hydroxylation is 1. The van der Waals surface area contributed by atoms with Crippen LogP contribution in [0.4, 0.5) is 4.39 Å². The Bertz CT molecular complexity index is 834. The van der Waals surface area contributed by atoms with Crippen molar-refractivity contribution in [3.05, 3.63) is 53.7 Å². The first-order valence-electron chi connectivity index (χ1n) is 8.37. The van der Waals surface area contributed by atoms with Crippen LogP contribution in [-0.4, -0.2) is 50.2 Å². The van der Waals surface area contributed by atoms with Crippen LogP contribution in [-0.2, 0) is 17.9 Å². The Hall–Kier alpha value is -2.38. The van der Waals surface area contributed by atoms with Crippen molar-refractivity contribution in [2.24, 2.45) is 0 Å². The lowest BCUT2D eigenvalue weighted by Crippen LogP contribution is -2.25. The average Bonchev–Trinajstić information content (AvgIpc) is 3.18. The van der Waals surface area contributed by atoms with Crippen LogP contribution < -0.4 is 0 Å². The number of nitrogens with zero attached hydrogens (tertiary/aromatic N) is 4. The highest BCUT2D eigenvalue weighted by atomic mass is 19.1. The number of hydrogen-bond acceptors (Lipinski definition) is 5. The van der Waals surface area contributed by atoms with E-state index >= 15 is 0 Å². The minimum absolute atomic E-state index is 0.248. The van der Waals surface area contributed by atoms with Gasteiger partial charge in [-0.05, 0) is 30.7 Å². The molecule has 0 aliphatic carbocycles. The number of imidazole rings is 1. The number of aromatic amines is 1. The second kappa shape index (κ2) is 6.85. The van der Waals surface area contributed by atoms with Gasteiger partial charge in [0.15, 0.2) is 5.65 Å². The zero-order chi connectivity index (χ0) is 17.2. The van der Waals surface area contributed by atoms with Gasteiger partial charge in [-0.1, -0.05) is 6.07 Å². The minimum Gasteiger partial charge on any atom is -0.366 e. The summed E-state index contributed by atoms with van der Waals surface area (Å²) in [6.07, 6.45) is 2.01. The standard InChI is InChI=1S/C18H20FN5O/c1-12-4-2-6-20-15(12)9-24-8-13(19)16(10-24)25-11-17-22-14-5-3-7-21-18(14)23-17/h2-7,13,16H,8-11H2,1H3,(H,21,22,23)/t13-,16+/m1/s1. The summed E-state index contributed by atoms with van der Waals surface area (Å²) in [4.78, 5) is 18.1. The number of alkyl halides is 1. The maximum atomic E-state index is 14.3. The van der Waals surface area contributed by atoms with Gasteiger partial charge in [-0.25, -0.2) is 14.4 Å². The van der Waals surface area contributed by atoms with E-state index in [-0.39, 0.29) is 6.61 Å². The molecular formula is C18H20FN5O. The van der Waals surface area contributed by atoms with Crippen LogP contribution >= 0.6 is 0 Å². The Morgan fingerprint density at radius 1 is 1.24 bits per heavy atom. The van der Waals surface area contributed by atoms with Gasteiger partial charge >= 0.3 is 0 Å². The Morgan fingerprint density at radius 3 is 2.92 bits per heavy atom. The number of ether oxygens (including phenoxy) is 1. The van der Waals surface area contributed by atoms with Crippen LogP contribution in [0.15, 0.2) is 36.7 Å². The monoisotopic (exact) mass is 341 g/mol. The number of pyridine rings is 2. The first kappa shape index (κ1) is 16.1. The molecule has 0 aromatic carbocycles. The topological polar surface area (TPSA) is 66.9 Å². The van der Waals surface area contributed by atoms with Crippen molar-refractivity contribution in [1.82, 2.24) is 24.8 Å². The van der Waals surface area contributed by atoms with E-state index in [0.717, 1.165) is 16.8 Å². The largest absolute Gasteiger partial charge is 0.366 e. The SMILES string of the molecule is Cc1cccnc1CN1C[C@@H](F)[C@@H](OCc2nc3ncccc3[nH]2)C1. The van der Waals surface area contributed by atoms with Gasteiger partial charge < -0.3 is 9.72 Å². The van der Waals surface area contributed by atoms with Gasteiger partial charge in [0.25, 0.3) is 0 Å². The molecule has 6 nitrogen and oxygen atoms in total. The van der Waals surface area contributed by atoms with Crippen molar-refractivity contribution in [3.8, 4) is 0 Å². The molecule has 4 heterocycles. The van der Waals surface area contributed by atoms with Gasteiger partial charge in [0.05, 0.1) is 11.2 Å². The highest BCUT2D eigenvalue weighted by Crippen LogP contribution is 2.21. The van der Waals surface area contributed by atoms with Crippen LogP contribution in [0.3, 0.4) is 0 Å². The molecule has 130 valence electrons. The molecule has 1 aliphatic rings. The molecule has 0 bridgehead atoms. The van der Waals surface area contributed by atoms with Gasteiger partial charge in [0.2, 0.25) is 0 Å². The zero-order valence-electron chi connectivity index (χ0n) is 14.0. The molecule has 0 unspecified atom stereocenters. The van der Waals surface area contributed by atoms with E-state index in [1.807, 2.05) is 36.1 Å². The molecule has 1 N–H and O–H groups in total. The molecule has 25 heavy (non-hydrogen) atoms. The van der Waals surface area contributed by atoms with E-state index in [2.05, 4.69) is 19.9 Å². The summed E-state index contributed by atoms with van der Waals surface area (Å²) in [6, 6.07) is 7.68. The van der Waals surface area contributed by atoms with Crippen molar-refractivity contribution < 1.29 is 9.13 Å². The third-order valence-electron chi connectivity index (χ3n) is 4.51. The Kier molecular flexibility index (Phi) is 4.42. The Balaban J connectivity index is 1.36. The van der Waals surface area contributed by atoms with Gasteiger partial charge in [-0.3, -0.25) is 9.88 Å². The third-order valence-corrected chi connectivity index (χ3v) is 4.51. The van der Waals surface area contributed by atoms with Gasteiger partial charge in [0, 0.05) is 32.0 Å². The van der Waals surface area contributed by atoms with Gasteiger partial charge in [0.1, 0.15) is 24.7 Å². The van der Waals surface area contributed by atoms with Crippen LogP contribution in [0.25, 0.3) is 11.2 Å². The summed E-state index contributed by atoms with van der Waals surface area (Å²) in [5.41, 5.74) is 3.61. The number of fused-ring (bicyclic) bond motifs is 1. The molecule has 3 aromatic rings. The quantitative estimate of drug-likeness (QED) is 0.772. The molecule has 7 heteroatoms. The number of nitrogens with one attached hydrogen (secondary N) is 1. The number of aromatic nitrogens is 4. The molecule has 0 spiro atoms. The summed E-state index contributed by atoms with van der Waals surface area (Å²) in [5, 5.41) is 0. The third kappa shape index (κ3) is 3.52. The van der Waals surface area contributed by atoms with Crippen molar-refractivity contribution in [2.75, 3.05) is 13.1 Å². The first-order chi connectivity index (χ1) is 12.2. The van der Waals surface area contributed by atoms with Crippen molar-refractivity contribution in [3.63, 3.8) is 0 Å². The number of rotatable bonds is 5. The maximum absolute atomic E-state index is 14.3. The van der Waals surface area contributed by atoms with Gasteiger partial charge in [-0.2, -0.15) is 0 Å². The highest BCUT2D eigenvalue weighted by molar-refractivity contribution is 5.69. The fourth-order valence-electron chi connectivity index (χ4n) is 3.14. The fraction of sp³-hybridized carbons (Fsp3) is 0.389. The molecule has 3 aromatic heterocycles. The Morgan fingerprint density at radius 2 is 2.08 bits per heavy atom. The normalized spacial score (nSPS) is 21.2. The minimum atomic E-state index is -1.01. The second-order valence-electron chi connectivity index (χ2n) is 6.38. The van der Waals surface area contributed by atoms with Crippen LogP contribution in [0.2, 0.25) is 0 Å². The van der Waals surface area contributed by atoms with E-state index in [0.29, 0.717) is 31.1 Å². The highest BCUT2D eigenvalue weighted by Gasteiger charge is 2.34. The van der Waals surface area contributed by atoms with E-state index in [9.17, 15) is 4.39 Å². The Labute approximate surface area is 145 Å². The van der Waals surface area contributed by atoms with Crippen molar-refractivity contribution in [1.29, 1.82) is 0 Å². The number of halogens is 1. The maximum Gasteiger partial charge on any atom is 0.177 e. The summed E-state index contributed by atoms with van der Waals surface area (Å²) in [5.74, 6) is 0.667. The smallest absolute Gasteiger partial charge is 0.177 e. The fourth-order valence-corrected chi connectivity index (χ4v) is 3.14. The summed E-state index contributed by atoms with van der Waals surface area (Å²) in [7, 11) is 0. The number of likely N-dealkylation sites (tertiary alicyclic amines) is 1. The average molecular weight is 341 g/mol. The van der Waals surface area contributed by atoms with Crippen molar-refractivity contribution in [2.45, 2.75) is 32.4 Å². The lowest BCUT2D eigenvalue weighted by molar-refractivity contribution is 0.00860. The molecule has 1 aliphatic heterocycles. The predicted molar refractivity (Wildman–Crippen MR) is 91.6 cm³/mol. The van der Waals surface area contributed by atoms with Gasteiger partial charge in [-0.15, -0.1) is 0 Å². The molecule has 4 rings (SSSR count). The molecular weight excluding hydrogens is 321 g/mol. The molecule has 1 fully saturated rings. The first-order valence-corrected chi connectivity index (χ1v) is 8.37. The number of H-pyrrole nitrogens is 1. The zero-order valence-corrected chi connectivity index (χ0v) is 14.0. The lowest BCUT2D eigenvalue weighted by Gasteiger charge is -2.16. The van der Waals surface area contributed by atoms with Crippen LogP contribution in [0.5, 0.6) is 0 Å². The second-order valence-corrected chi connectivity index (χ2v) is 6.38. The number of hydrogen-bond donors (Lipinski definition) is 1. The van der Waals surface area contributed by atoms with E-state index < -0.39 is 12.3 Å². The van der Waals surface area contributed by atoms with E-state index in [1.165, 1.54) is 0 Å². The van der Waals surface area contributed by atoms with Crippen molar-refractivity contribution >= 4 is 11.2 Å². The molecule has 0 amide bonds. The van der Waals surface area contributed by atoms with E-state index in [4.69, 9.17) is 4.74 Å². The van der Waals surface area contributed by atoms with Crippen LogP contribution in [0.1, 0.15) is 17.1 Å². The predicted octanol–water partition coefficient (Wildman–Crippen LogP) is 2.40. The summed E-state index contributed by atoms with van der Waals surface area (Å²) < 4.78 is 20.1. The molecule has 0 radical (unpaired) electrons. The molecule has 1 saturated heterocycles. The molecule has 2 atom stereocenters. The molecule has 0 saturated carbocycles. The van der Waals surface area contributed by atoms with Crippen LogP contribution in [0, 0.1) is 6.92 Å². The lowest BCUT2D eigenvalue weighted by atomic mass is 10.2. The summed E-state index contributed by atoms with van der Waals surface area (Å²) >= 11 is 0. The summed E-state index contributed by atoms with van der Waals surface area (Å²) in [6.45, 7) is 3.83.